The summed E-state index contributed by atoms with van der Waals surface area (Å²) in [5, 5.41) is 0. The Bertz CT molecular complexity index is 331. The SMILES string of the molecule is NCC=CCN1CCc2ccccc21. The van der Waals surface area contributed by atoms with Gasteiger partial charge in [0.1, 0.15) is 0 Å². The predicted molar refractivity (Wildman–Crippen MR) is 60.6 cm³/mol. The Hall–Kier alpha value is -1.28. The molecule has 0 aliphatic carbocycles. The van der Waals surface area contributed by atoms with Gasteiger partial charge in [0.2, 0.25) is 0 Å². The lowest BCUT2D eigenvalue weighted by atomic mass is 10.2. The van der Waals surface area contributed by atoms with Crippen molar-refractivity contribution in [2.75, 3.05) is 24.5 Å². The van der Waals surface area contributed by atoms with Crippen LogP contribution < -0.4 is 10.6 Å². The number of rotatable bonds is 3. The van der Waals surface area contributed by atoms with Crippen LogP contribution in [0.2, 0.25) is 0 Å². The zero-order chi connectivity index (χ0) is 9.80. The average molecular weight is 188 g/mol. The van der Waals surface area contributed by atoms with E-state index in [-0.39, 0.29) is 0 Å². The monoisotopic (exact) mass is 188 g/mol. The third-order valence-electron chi connectivity index (χ3n) is 2.61. The molecule has 0 amide bonds. The van der Waals surface area contributed by atoms with Gasteiger partial charge in [0.25, 0.3) is 0 Å². The maximum absolute atomic E-state index is 5.40. The Labute approximate surface area is 85.0 Å². The first-order valence-electron chi connectivity index (χ1n) is 5.10. The topological polar surface area (TPSA) is 29.3 Å². The number of para-hydroxylation sites is 1. The highest BCUT2D eigenvalue weighted by Gasteiger charge is 2.16. The highest BCUT2D eigenvalue weighted by atomic mass is 15.1. The molecule has 0 aromatic heterocycles. The predicted octanol–water partition coefficient (Wildman–Crippen LogP) is 1.56. The zero-order valence-corrected chi connectivity index (χ0v) is 8.32. The Kier molecular flexibility index (Phi) is 2.84. The largest absolute Gasteiger partial charge is 0.367 e. The summed E-state index contributed by atoms with van der Waals surface area (Å²) in [6.45, 7) is 2.75. The van der Waals surface area contributed by atoms with Crippen molar-refractivity contribution in [3.05, 3.63) is 42.0 Å². The lowest BCUT2D eigenvalue weighted by Crippen LogP contribution is -2.20. The van der Waals surface area contributed by atoms with Gasteiger partial charge in [0.05, 0.1) is 0 Å². The number of fused-ring (bicyclic) bond motifs is 1. The summed E-state index contributed by atoms with van der Waals surface area (Å²) in [4.78, 5) is 2.39. The first-order valence-corrected chi connectivity index (χ1v) is 5.10. The molecule has 74 valence electrons. The van der Waals surface area contributed by atoms with Crippen molar-refractivity contribution in [1.82, 2.24) is 0 Å². The zero-order valence-electron chi connectivity index (χ0n) is 8.32. The van der Waals surface area contributed by atoms with Gasteiger partial charge < -0.3 is 10.6 Å². The van der Waals surface area contributed by atoms with Gasteiger partial charge in [-0.15, -0.1) is 0 Å². The van der Waals surface area contributed by atoms with Crippen LogP contribution >= 0.6 is 0 Å². The van der Waals surface area contributed by atoms with E-state index in [0.717, 1.165) is 13.1 Å². The van der Waals surface area contributed by atoms with Gasteiger partial charge in [-0.3, -0.25) is 0 Å². The van der Waals surface area contributed by atoms with E-state index >= 15 is 0 Å². The molecule has 2 nitrogen and oxygen atoms in total. The summed E-state index contributed by atoms with van der Waals surface area (Å²) in [5.41, 5.74) is 8.25. The number of nitrogens with zero attached hydrogens (tertiary/aromatic N) is 1. The van der Waals surface area contributed by atoms with Crippen molar-refractivity contribution >= 4 is 5.69 Å². The molecule has 0 fully saturated rings. The van der Waals surface area contributed by atoms with Crippen LogP contribution in [0.1, 0.15) is 5.56 Å². The summed E-state index contributed by atoms with van der Waals surface area (Å²) >= 11 is 0. The average Bonchev–Trinajstić information content (AvgIpc) is 2.63. The number of nitrogens with two attached hydrogens (primary N) is 1. The third-order valence-corrected chi connectivity index (χ3v) is 2.61. The molecule has 0 unspecified atom stereocenters. The quantitative estimate of drug-likeness (QED) is 0.729. The molecule has 1 aliphatic rings. The second-order valence-electron chi connectivity index (χ2n) is 3.53. The standard InChI is InChI=1S/C12H16N2/c13-8-3-4-9-14-10-7-11-5-1-2-6-12(11)14/h1-6H,7-10,13H2. The van der Waals surface area contributed by atoms with E-state index in [2.05, 4.69) is 35.2 Å². The van der Waals surface area contributed by atoms with Gasteiger partial charge in [-0.2, -0.15) is 0 Å². The van der Waals surface area contributed by atoms with Crippen LogP contribution in [-0.4, -0.2) is 19.6 Å². The van der Waals surface area contributed by atoms with E-state index < -0.39 is 0 Å². The second-order valence-corrected chi connectivity index (χ2v) is 3.53. The van der Waals surface area contributed by atoms with Crippen LogP contribution in [0.4, 0.5) is 5.69 Å². The van der Waals surface area contributed by atoms with Crippen molar-refractivity contribution in [3.8, 4) is 0 Å². The van der Waals surface area contributed by atoms with Crippen molar-refractivity contribution in [1.29, 1.82) is 0 Å². The smallest absolute Gasteiger partial charge is 0.0402 e. The summed E-state index contributed by atoms with van der Waals surface area (Å²) in [5.74, 6) is 0. The van der Waals surface area contributed by atoms with E-state index in [9.17, 15) is 0 Å². The summed E-state index contributed by atoms with van der Waals surface area (Å²) in [6.07, 6.45) is 5.33. The number of anilines is 1. The molecule has 0 saturated heterocycles. The molecule has 0 spiro atoms. The van der Waals surface area contributed by atoms with Crippen LogP contribution in [0.25, 0.3) is 0 Å². The number of hydrogen-bond acceptors (Lipinski definition) is 2. The van der Waals surface area contributed by atoms with Crippen LogP contribution in [0, 0.1) is 0 Å². The lowest BCUT2D eigenvalue weighted by Gasteiger charge is -2.16. The third kappa shape index (κ3) is 1.80. The molecule has 2 rings (SSSR count). The second kappa shape index (κ2) is 4.29. The lowest BCUT2D eigenvalue weighted by molar-refractivity contribution is 0.902. The van der Waals surface area contributed by atoms with Gasteiger partial charge in [0.15, 0.2) is 0 Å². The number of hydrogen-bond donors (Lipinski definition) is 1. The molecule has 1 aromatic carbocycles. The molecule has 2 heteroatoms. The Morgan fingerprint density at radius 2 is 2.14 bits per heavy atom. The van der Waals surface area contributed by atoms with Crippen LogP contribution in [0.3, 0.4) is 0 Å². The minimum Gasteiger partial charge on any atom is -0.367 e. The van der Waals surface area contributed by atoms with Crippen molar-refractivity contribution in [2.24, 2.45) is 5.73 Å². The van der Waals surface area contributed by atoms with Gasteiger partial charge >= 0.3 is 0 Å². The minimum absolute atomic E-state index is 0.634. The van der Waals surface area contributed by atoms with Gasteiger partial charge in [-0.1, -0.05) is 30.4 Å². The fourth-order valence-corrected chi connectivity index (χ4v) is 1.89. The highest BCUT2D eigenvalue weighted by Crippen LogP contribution is 2.26. The maximum atomic E-state index is 5.40. The van der Waals surface area contributed by atoms with E-state index in [1.165, 1.54) is 17.7 Å². The first kappa shape index (κ1) is 9.28. The molecule has 1 aliphatic heterocycles. The van der Waals surface area contributed by atoms with Gasteiger partial charge in [-0.05, 0) is 18.1 Å². The molecular formula is C12H16N2. The van der Waals surface area contributed by atoms with E-state index in [1.807, 2.05) is 6.08 Å². The van der Waals surface area contributed by atoms with Gasteiger partial charge in [0, 0.05) is 25.3 Å². The Balaban J connectivity index is 2.07. The maximum Gasteiger partial charge on any atom is 0.0402 e. The molecule has 2 N–H and O–H groups in total. The number of benzene rings is 1. The van der Waals surface area contributed by atoms with Crippen molar-refractivity contribution < 1.29 is 0 Å². The molecule has 1 heterocycles. The highest BCUT2D eigenvalue weighted by molar-refractivity contribution is 5.58. The molecule has 14 heavy (non-hydrogen) atoms. The Morgan fingerprint density at radius 3 is 3.00 bits per heavy atom. The molecule has 0 saturated carbocycles. The van der Waals surface area contributed by atoms with E-state index in [0.29, 0.717) is 6.54 Å². The molecule has 0 bridgehead atoms. The fourth-order valence-electron chi connectivity index (χ4n) is 1.89. The summed E-state index contributed by atoms with van der Waals surface area (Å²) in [7, 11) is 0. The van der Waals surface area contributed by atoms with E-state index in [4.69, 9.17) is 5.73 Å². The molecule has 0 radical (unpaired) electrons. The van der Waals surface area contributed by atoms with Crippen molar-refractivity contribution in [3.63, 3.8) is 0 Å². The van der Waals surface area contributed by atoms with Crippen LogP contribution in [-0.2, 0) is 6.42 Å². The van der Waals surface area contributed by atoms with Crippen LogP contribution in [0.5, 0.6) is 0 Å². The first-order chi connectivity index (χ1) is 6.92. The fraction of sp³-hybridized carbons (Fsp3) is 0.333. The summed E-state index contributed by atoms with van der Waals surface area (Å²) in [6, 6.07) is 8.61. The Morgan fingerprint density at radius 1 is 1.29 bits per heavy atom. The van der Waals surface area contributed by atoms with Gasteiger partial charge in [-0.25, -0.2) is 0 Å². The minimum atomic E-state index is 0.634. The molecule has 1 aromatic rings. The van der Waals surface area contributed by atoms with E-state index in [1.54, 1.807) is 0 Å². The van der Waals surface area contributed by atoms with Crippen LogP contribution in [0.15, 0.2) is 36.4 Å². The molecular weight excluding hydrogens is 172 g/mol. The van der Waals surface area contributed by atoms with Crippen molar-refractivity contribution in [2.45, 2.75) is 6.42 Å². The normalized spacial score (nSPS) is 15.1. The molecule has 0 atom stereocenters. The summed E-state index contributed by atoms with van der Waals surface area (Å²) < 4.78 is 0.